The molecule has 1 aromatic carbocycles. The maximum atomic E-state index is 12.3. The highest BCUT2D eigenvalue weighted by atomic mass is 16.5. The Labute approximate surface area is 113 Å². The Bertz CT molecular complexity index is 599. The average molecular weight is 260 g/mol. The zero-order chi connectivity index (χ0) is 14.0. The van der Waals surface area contributed by atoms with E-state index in [1.807, 2.05) is 39.0 Å². The van der Waals surface area contributed by atoms with Gasteiger partial charge in [0.05, 0.1) is 19.2 Å². The first kappa shape index (κ1) is 13.6. The van der Waals surface area contributed by atoms with Gasteiger partial charge in [-0.3, -0.25) is 4.79 Å². The summed E-state index contributed by atoms with van der Waals surface area (Å²) in [4.78, 5) is 15.5. The number of carbonyl (C=O) groups excluding carboxylic acids is 1. The molecule has 0 fully saturated rings. The molecule has 1 aromatic heterocycles. The van der Waals surface area contributed by atoms with E-state index in [0.717, 1.165) is 27.9 Å². The van der Waals surface area contributed by atoms with Gasteiger partial charge >= 0.3 is 0 Å². The van der Waals surface area contributed by atoms with Crippen molar-refractivity contribution >= 4 is 16.7 Å². The van der Waals surface area contributed by atoms with Gasteiger partial charge in [-0.2, -0.15) is 0 Å². The van der Waals surface area contributed by atoms with Crippen molar-refractivity contribution in [2.24, 2.45) is 0 Å². The number of fused-ring (bicyclic) bond motifs is 1. The van der Waals surface area contributed by atoms with E-state index in [2.05, 4.69) is 10.3 Å². The number of ether oxygens (including phenoxy) is 1. The number of ketones is 1. The summed E-state index contributed by atoms with van der Waals surface area (Å²) < 4.78 is 5.19. The molecule has 0 amide bonds. The van der Waals surface area contributed by atoms with Gasteiger partial charge in [0.25, 0.3) is 0 Å². The summed E-state index contributed by atoms with van der Waals surface area (Å²) >= 11 is 0. The molecule has 4 nitrogen and oxygen atoms in total. The molecule has 102 valence electrons. The number of H-pyrrole nitrogens is 1. The van der Waals surface area contributed by atoms with Crippen LogP contribution in [-0.4, -0.2) is 30.5 Å². The molecule has 0 aliphatic heterocycles. The molecule has 0 spiro atoms. The lowest BCUT2D eigenvalue weighted by Gasteiger charge is -2.07. The van der Waals surface area contributed by atoms with Crippen LogP contribution < -0.4 is 10.1 Å². The summed E-state index contributed by atoms with van der Waals surface area (Å²) in [6.07, 6.45) is 0. The van der Waals surface area contributed by atoms with Crippen molar-refractivity contribution < 1.29 is 9.53 Å². The first-order chi connectivity index (χ1) is 9.02. The SMILES string of the molecule is COc1ccc2c(C(=O)CNC(C)C)c(C)[nH]c2c1. The smallest absolute Gasteiger partial charge is 0.179 e. The molecule has 0 aliphatic carbocycles. The molecule has 0 saturated carbocycles. The molecule has 0 saturated heterocycles. The molecule has 0 aliphatic rings. The van der Waals surface area contributed by atoms with E-state index in [9.17, 15) is 4.79 Å². The third-order valence-corrected chi connectivity index (χ3v) is 3.14. The summed E-state index contributed by atoms with van der Waals surface area (Å²) in [6.45, 7) is 6.34. The van der Waals surface area contributed by atoms with Crippen LogP contribution in [0.5, 0.6) is 5.75 Å². The topological polar surface area (TPSA) is 54.1 Å². The van der Waals surface area contributed by atoms with Gasteiger partial charge in [-0.25, -0.2) is 0 Å². The lowest BCUT2D eigenvalue weighted by molar-refractivity contribution is 0.0989. The van der Waals surface area contributed by atoms with Gasteiger partial charge in [0.15, 0.2) is 5.78 Å². The number of aromatic amines is 1. The van der Waals surface area contributed by atoms with Crippen LogP contribution in [0.2, 0.25) is 0 Å². The van der Waals surface area contributed by atoms with E-state index in [1.54, 1.807) is 7.11 Å². The third kappa shape index (κ3) is 2.79. The highest BCUT2D eigenvalue weighted by Gasteiger charge is 2.16. The van der Waals surface area contributed by atoms with Crippen LogP contribution in [0.15, 0.2) is 18.2 Å². The molecule has 0 radical (unpaired) electrons. The van der Waals surface area contributed by atoms with Crippen molar-refractivity contribution in [1.82, 2.24) is 10.3 Å². The summed E-state index contributed by atoms with van der Waals surface area (Å²) in [5.41, 5.74) is 2.61. The number of methoxy groups -OCH3 is 1. The molecule has 0 unspecified atom stereocenters. The largest absolute Gasteiger partial charge is 0.497 e. The fraction of sp³-hybridized carbons (Fsp3) is 0.400. The van der Waals surface area contributed by atoms with Gasteiger partial charge in [0.2, 0.25) is 0 Å². The number of carbonyl (C=O) groups is 1. The van der Waals surface area contributed by atoms with E-state index in [1.165, 1.54) is 0 Å². The minimum absolute atomic E-state index is 0.114. The molecule has 2 aromatic rings. The molecular formula is C15H20N2O2. The Morgan fingerprint density at radius 2 is 2.16 bits per heavy atom. The second-order valence-electron chi connectivity index (χ2n) is 5.00. The number of benzene rings is 1. The normalized spacial score (nSPS) is 11.2. The number of hydrogen-bond donors (Lipinski definition) is 2. The van der Waals surface area contributed by atoms with Crippen molar-refractivity contribution in [3.8, 4) is 5.75 Å². The van der Waals surface area contributed by atoms with E-state index in [0.29, 0.717) is 12.6 Å². The zero-order valence-corrected chi connectivity index (χ0v) is 11.8. The van der Waals surface area contributed by atoms with E-state index in [4.69, 9.17) is 4.74 Å². The monoisotopic (exact) mass is 260 g/mol. The van der Waals surface area contributed by atoms with Crippen molar-refractivity contribution in [3.05, 3.63) is 29.5 Å². The second kappa shape index (κ2) is 5.45. The summed E-state index contributed by atoms with van der Waals surface area (Å²) in [7, 11) is 1.63. The predicted octanol–water partition coefficient (Wildman–Crippen LogP) is 2.67. The molecule has 0 bridgehead atoms. The van der Waals surface area contributed by atoms with Crippen LogP contribution in [0.1, 0.15) is 29.9 Å². The van der Waals surface area contributed by atoms with Crippen LogP contribution in [0.25, 0.3) is 10.9 Å². The minimum Gasteiger partial charge on any atom is -0.497 e. The van der Waals surface area contributed by atoms with E-state index in [-0.39, 0.29) is 5.78 Å². The third-order valence-electron chi connectivity index (χ3n) is 3.14. The highest BCUT2D eigenvalue weighted by Crippen LogP contribution is 2.26. The molecule has 4 heteroatoms. The zero-order valence-electron chi connectivity index (χ0n) is 11.8. The first-order valence-electron chi connectivity index (χ1n) is 6.46. The number of Topliss-reactive ketones (excluding diaryl/α,β-unsaturated/α-hetero) is 1. The Kier molecular flexibility index (Phi) is 3.90. The number of aryl methyl sites for hydroxylation is 1. The van der Waals surface area contributed by atoms with Gasteiger partial charge < -0.3 is 15.0 Å². The van der Waals surface area contributed by atoms with Gasteiger partial charge in [-0.15, -0.1) is 0 Å². The van der Waals surface area contributed by atoms with Gasteiger partial charge in [0.1, 0.15) is 5.75 Å². The molecule has 2 rings (SSSR count). The van der Waals surface area contributed by atoms with Crippen molar-refractivity contribution in [2.45, 2.75) is 26.8 Å². The average Bonchev–Trinajstić information content (AvgIpc) is 2.70. The van der Waals surface area contributed by atoms with Crippen LogP contribution in [0, 0.1) is 6.92 Å². The number of nitrogens with one attached hydrogen (secondary N) is 2. The Morgan fingerprint density at radius 3 is 2.79 bits per heavy atom. The Hall–Kier alpha value is -1.81. The molecular weight excluding hydrogens is 240 g/mol. The minimum atomic E-state index is 0.114. The maximum absolute atomic E-state index is 12.3. The van der Waals surface area contributed by atoms with E-state index >= 15 is 0 Å². The molecule has 1 heterocycles. The van der Waals surface area contributed by atoms with Crippen LogP contribution in [0.4, 0.5) is 0 Å². The molecule has 0 atom stereocenters. The number of hydrogen-bond acceptors (Lipinski definition) is 3. The summed E-state index contributed by atoms with van der Waals surface area (Å²) in [5.74, 6) is 0.899. The molecule has 2 N–H and O–H groups in total. The van der Waals surface area contributed by atoms with Crippen molar-refractivity contribution in [2.75, 3.05) is 13.7 Å². The first-order valence-corrected chi connectivity index (χ1v) is 6.46. The van der Waals surface area contributed by atoms with Crippen LogP contribution >= 0.6 is 0 Å². The van der Waals surface area contributed by atoms with Crippen LogP contribution in [-0.2, 0) is 0 Å². The number of rotatable bonds is 5. The predicted molar refractivity (Wildman–Crippen MR) is 77.1 cm³/mol. The van der Waals surface area contributed by atoms with E-state index < -0.39 is 0 Å². The summed E-state index contributed by atoms with van der Waals surface area (Å²) in [5, 5.41) is 4.11. The Balaban J connectivity index is 2.37. The van der Waals surface area contributed by atoms with Gasteiger partial charge in [-0.1, -0.05) is 13.8 Å². The van der Waals surface area contributed by atoms with Crippen molar-refractivity contribution in [1.29, 1.82) is 0 Å². The quantitative estimate of drug-likeness (QED) is 0.813. The standard InChI is InChI=1S/C15H20N2O2/c1-9(2)16-8-14(18)15-10(3)17-13-7-11(19-4)5-6-12(13)15/h5-7,9,16-17H,8H2,1-4H3. The molecule has 19 heavy (non-hydrogen) atoms. The lowest BCUT2D eigenvalue weighted by atomic mass is 10.1. The fourth-order valence-electron chi connectivity index (χ4n) is 2.18. The summed E-state index contributed by atoms with van der Waals surface area (Å²) in [6, 6.07) is 6.02. The fourth-order valence-corrected chi connectivity index (χ4v) is 2.18. The van der Waals surface area contributed by atoms with Gasteiger partial charge in [-0.05, 0) is 19.1 Å². The van der Waals surface area contributed by atoms with Crippen molar-refractivity contribution in [3.63, 3.8) is 0 Å². The lowest BCUT2D eigenvalue weighted by Crippen LogP contribution is -2.29. The second-order valence-corrected chi connectivity index (χ2v) is 5.00. The number of aromatic nitrogens is 1. The maximum Gasteiger partial charge on any atom is 0.179 e. The van der Waals surface area contributed by atoms with Crippen LogP contribution in [0.3, 0.4) is 0 Å². The Morgan fingerprint density at radius 1 is 1.42 bits per heavy atom. The van der Waals surface area contributed by atoms with Gasteiger partial charge in [0, 0.05) is 28.8 Å². The highest BCUT2D eigenvalue weighted by molar-refractivity contribution is 6.10.